The van der Waals surface area contributed by atoms with E-state index in [4.69, 9.17) is 0 Å². The molecular formula is C18H19N3. The summed E-state index contributed by atoms with van der Waals surface area (Å²) in [5.74, 6) is 0. The van der Waals surface area contributed by atoms with Crippen LogP contribution in [-0.4, -0.2) is 27.5 Å². The van der Waals surface area contributed by atoms with Crippen molar-refractivity contribution in [2.45, 2.75) is 25.6 Å². The number of imidazole rings is 1. The van der Waals surface area contributed by atoms with Crippen LogP contribution in [0.1, 0.15) is 11.1 Å². The van der Waals surface area contributed by atoms with E-state index >= 15 is 0 Å². The van der Waals surface area contributed by atoms with E-state index in [2.05, 4.69) is 70.0 Å². The van der Waals surface area contributed by atoms with Gasteiger partial charge in [0.25, 0.3) is 0 Å². The maximum atomic E-state index is 4.51. The summed E-state index contributed by atoms with van der Waals surface area (Å²) >= 11 is 0. The molecule has 0 bridgehead atoms. The Bertz CT molecular complexity index is 760. The Kier molecular flexibility index (Phi) is 3.00. The molecule has 3 heteroatoms. The number of likely N-dealkylation sites (N-methyl/N-ethyl adjacent to an activating group) is 1. The zero-order valence-electron chi connectivity index (χ0n) is 12.2. The molecule has 0 N–H and O–H groups in total. The average molecular weight is 277 g/mol. The van der Waals surface area contributed by atoms with Crippen LogP contribution in [0.25, 0.3) is 11.0 Å². The maximum Gasteiger partial charge on any atom is 0.0958 e. The first kappa shape index (κ1) is 12.6. The summed E-state index contributed by atoms with van der Waals surface area (Å²) in [6.45, 7) is 2.02. The van der Waals surface area contributed by atoms with Crippen LogP contribution in [0.4, 0.5) is 0 Å². The van der Waals surface area contributed by atoms with Crippen molar-refractivity contribution in [2.75, 3.05) is 7.05 Å². The summed E-state index contributed by atoms with van der Waals surface area (Å²) in [6.07, 6.45) is 3.09. The van der Waals surface area contributed by atoms with Crippen LogP contribution in [0, 0.1) is 0 Å². The van der Waals surface area contributed by atoms with Gasteiger partial charge in [-0.15, -0.1) is 0 Å². The molecule has 3 nitrogen and oxygen atoms in total. The normalized spacial score (nSPS) is 17.5. The minimum Gasteiger partial charge on any atom is -0.329 e. The van der Waals surface area contributed by atoms with Gasteiger partial charge in [0.15, 0.2) is 0 Å². The molecule has 0 unspecified atom stereocenters. The van der Waals surface area contributed by atoms with E-state index in [9.17, 15) is 0 Å². The topological polar surface area (TPSA) is 21.1 Å². The first-order valence-electron chi connectivity index (χ1n) is 7.48. The van der Waals surface area contributed by atoms with E-state index in [-0.39, 0.29) is 0 Å². The SMILES string of the molecule is CN(Cc1ccccc1)[C@@H]1Cc2cccc3ncn(c23)C1. The molecule has 0 aliphatic carbocycles. The van der Waals surface area contributed by atoms with Crippen LogP contribution in [0.2, 0.25) is 0 Å². The van der Waals surface area contributed by atoms with Crippen LogP contribution in [0.15, 0.2) is 54.9 Å². The third kappa shape index (κ3) is 2.24. The third-order valence-corrected chi connectivity index (χ3v) is 4.48. The number of hydrogen-bond donors (Lipinski definition) is 0. The maximum absolute atomic E-state index is 4.51. The van der Waals surface area contributed by atoms with Gasteiger partial charge in [-0.1, -0.05) is 42.5 Å². The summed E-state index contributed by atoms with van der Waals surface area (Å²) < 4.78 is 2.31. The monoisotopic (exact) mass is 277 g/mol. The molecule has 1 aliphatic heterocycles. The highest BCUT2D eigenvalue weighted by Gasteiger charge is 2.23. The predicted molar refractivity (Wildman–Crippen MR) is 85.1 cm³/mol. The highest BCUT2D eigenvalue weighted by atomic mass is 15.2. The van der Waals surface area contributed by atoms with Crippen molar-refractivity contribution in [3.63, 3.8) is 0 Å². The number of para-hydroxylation sites is 1. The van der Waals surface area contributed by atoms with Gasteiger partial charge in [0.05, 0.1) is 17.4 Å². The summed E-state index contributed by atoms with van der Waals surface area (Å²) in [6, 6.07) is 17.7. The number of hydrogen-bond acceptors (Lipinski definition) is 2. The Morgan fingerprint density at radius 3 is 2.86 bits per heavy atom. The molecule has 0 fully saturated rings. The first-order valence-corrected chi connectivity index (χ1v) is 7.48. The molecule has 106 valence electrons. The van der Waals surface area contributed by atoms with Crippen molar-refractivity contribution in [1.29, 1.82) is 0 Å². The van der Waals surface area contributed by atoms with Gasteiger partial charge in [-0.25, -0.2) is 4.98 Å². The smallest absolute Gasteiger partial charge is 0.0958 e. The fraction of sp³-hybridized carbons (Fsp3) is 0.278. The summed E-state index contributed by atoms with van der Waals surface area (Å²) in [5, 5.41) is 0. The van der Waals surface area contributed by atoms with Crippen molar-refractivity contribution in [3.8, 4) is 0 Å². The van der Waals surface area contributed by atoms with Gasteiger partial charge in [0.2, 0.25) is 0 Å². The van der Waals surface area contributed by atoms with Crippen LogP contribution in [0.5, 0.6) is 0 Å². The second-order valence-corrected chi connectivity index (χ2v) is 5.94. The van der Waals surface area contributed by atoms with E-state index in [0.717, 1.165) is 25.0 Å². The molecule has 0 amide bonds. The Morgan fingerprint density at radius 2 is 2.00 bits per heavy atom. The van der Waals surface area contributed by atoms with Gasteiger partial charge < -0.3 is 4.57 Å². The number of aromatic nitrogens is 2. The van der Waals surface area contributed by atoms with E-state index in [1.807, 2.05) is 6.33 Å². The van der Waals surface area contributed by atoms with Crippen molar-refractivity contribution in [3.05, 3.63) is 66.0 Å². The lowest BCUT2D eigenvalue weighted by Crippen LogP contribution is -2.38. The van der Waals surface area contributed by atoms with Gasteiger partial charge in [-0.3, -0.25) is 4.90 Å². The lowest BCUT2D eigenvalue weighted by atomic mass is 9.99. The lowest BCUT2D eigenvalue weighted by Gasteiger charge is -2.32. The van der Waals surface area contributed by atoms with Crippen LogP contribution >= 0.6 is 0 Å². The van der Waals surface area contributed by atoms with E-state index in [0.29, 0.717) is 6.04 Å². The van der Waals surface area contributed by atoms with Crippen LogP contribution in [-0.2, 0) is 19.5 Å². The molecule has 2 aromatic carbocycles. The molecule has 1 aliphatic rings. The quantitative estimate of drug-likeness (QED) is 0.733. The summed E-state index contributed by atoms with van der Waals surface area (Å²) in [4.78, 5) is 6.97. The Hall–Kier alpha value is -2.13. The highest BCUT2D eigenvalue weighted by molar-refractivity contribution is 5.79. The molecule has 3 aromatic rings. The Balaban J connectivity index is 1.58. The van der Waals surface area contributed by atoms with E-state index < -0.39 is 0 Å². The molecule has 4 rings (SSSR count). The fourth-order valence-corrected chi connectivity index (χ4v) is 3.35. The number of nitrogens with zero attached hydrogens (tertiary/aromatic N) is 3. The molecule has 1 atom stereocenters. The number of rotatable bonds is 3. The van der Waals surface area contributed by atoms with Crippen LogP contribution < -0.4 is 0 Å². The molecule has 0 saturated heterocycles. The molecule has 0 spiro atoms. The van der Waals surface area contributed by atoms with Gasteiger partial charge in [-0.05, 0) is 30.7 Å². The van der Waals surface area contributed by atoms with Gasteiger partial charge in [0.1, 0.15) is 0 Å². The second-order valence-electron chi connectivity index (χ2n) is 5.94. The predicted octanol–water partition coefficient (Wildman–Crippen LogP) is 3.09. The summed E-state index contributed by atoms with van der Waals surface area (Å²) in [7, 11) is 2.22. The molecule has 2 heterocycles. The van der Waals surface area contributed by atoms with E-state index in [1.54, 1.807) is 0 Å². The standard InChI is InChI=1S/C18H19N3/c1-20(11-14-6-3-2-4-7-14)16-10-15-8-5-9-17-18(15)21(12-16)13-19-17/h2-9,13,16H,10-12H2,1H3/t16-/m1/s1. The first-order chi connectivity index (χ1) is 10.3. The largest absolute Gasteiger partial charge is 0.329 e. The van der Waals surface area contributed by atoms with Gasteiger partial charge in [-0.2, -0.15) is 0 Å². The zero-order chi connectivity index (χ0) is 14.2. The lowest BCUT2D eigenvalue weighted by molar-refractivity contribution is 0.206. The van der Waals surface area contributed by atoms with E-state index in [1.165, 1.54) is 16.6 Å². The Morgan fingerprint density at radius 1 is 1.14 bits per heavy atom. The summed E-state index contributed by atoms with van der Waals surface area (Å²) in [5.41, 5.74) is 5.23. The zero-order valence-corrected chi connectivity index (χ0v) is 12.2. The molecule has 0 radical (unpaired) electrons. The minimum atomic E-state index is 0.525. The minimum absolute atomic E-state index is 0.525. The highest BCUT2D eigenvalue weighted by Crippen LogP contribution is 2.26. The van der Waals surface area contributed by atoms with Crippen molar-refractivity contribution >= 4 is 11.0 Å². The van der Waals surface area contributed by atoms with Gasteiger partial charge >= 0.3 is 0 Å². The molecule has 1 aromatic heterocycles. The van der Waals surface area contributed by atoms with Gasteiger partial charge in [0, 0.05) is 19.1 Å². The van der Waals surface area contributed by atoms with Crippen LogP contribution in [0.3, 0.4) is 0 Å². The molecular weight excluding hydrogens is 258 g/mol. The Labute approximate surface area is 124 Å². The van der Waals surface area contributed by atoms with Crippen molar-refractivity contribution in [2.24, 2.45) is 0 Å². The third-order valence-electron chi connectivity index (χ3n) is 4.48. The van der Waals surface area contributed by atoms with Crippen molar-refractivity contribution < 1.29 is 0 Å². The molecule has 0 saturated carbocycles. The van der Waals surface area contributed by atoms with Crippen molar-refractivity contribution in [1.82, 2.24) is 14.5 Å². The fourth-order valence-electron chi connectivity index (χ4n) is 3.35. The second kappa shape index (κ2) is 5.01. The number of benzene rings is 2. The average Bonchev–Trinajstić information content (AvgIpc) is 2.93. The molecule has 21 heavy (non-hydrogen) atoms.